The Morgan fingerprint density at radius 1 is 1.30 bits per heavy atom. The zero-order valence-electron chi connectivity index (χ0n) is 6.01. The lowest BCUT2D eigenvalue weighted by Crippen LogP contribution is -2.56. The lowest BCUT2D eigenvalue weighted by molar-refractivity contribution is -0.133. The average molecular weight is 139 g/mol. The van der Waals surface area contributed by atoms with Gasteiger partial charge in [0.25, 0.3) is 0 Å². The van der Waals surface area contributed by atoms with E-state index in [9.17, 15) is 5.11 Å². The Bertz CT molecular complexity index is 203. The SMILES string of the molecule is NC12CC3CC(O)(C1)C3C2. The average Bonchev–Trinajstić information content (AvgIpc) is 2.14. The summed E-state index contributed by atoms with van der Waals surface area (Å²) < 4.78 is 0. The van der Waals surface area contributed by atoms with Crippen LogP contribution in [0.3, 0.4) is 0 Å². The van der Waals surface area contributed by atoms with Crippen molar-refractivity contribution in [1.29, 1.82) is 0 Å². The first-order chi connectivity index (χ1) is 4.61. The molecule has 0 radical (unpaired) electrons. The summed E-state index contributed by atoms with van der Waals surface area (Å²) in [7, 11) is 0. The minimum Gasteiger partial charge on any atom is -0.390 e. The molecular weight excluding hydrogens is 126 g/mol. The molecule has 0 aromatic heterocycles. The molecule has 0 aromatic carbocycles. The molecule has 0 saturated heterocycles. The third kappa shape index (κ3) is 0.397. The normalized spacial score (nSPS) is 70.2. The highest BCUT2D eigenvalue weighted by Gasteiger charge is 2.68. The number of aliphatic hydroxyl groups is 1. The molecule has 3 N–H and O–H groups in total. The van der Waals surface area contributed by atoms with Crippen LogP contribution in [0.4, 0.5) is 0 Å². The third-order valence-corrected chi connectivity index (χ3v) is 3.83. The lowest BCUT2D eigenvalue weighted by atomic mass is 9.59. The van der Waals surface area contributed by atoms with Crippen molar-refractivity contribution in [3.05, 3.63) is 0 Å². The van der Waals surface area contributed by atoms with Gasteiger partial charge >= 0.3 is 0 Å². The highest BCUT2D eigenvalue weighted by molar-refractivity contribution is 5.22. The second-order valence-electron chi connectivity index (χ2n) is 4.62. The molecule has 3 aliphatic carbocycles. The molecular formula is C8H13NO. The van der Waals surface area contributed by atoms with E-state index in [-0.39, 0.29) is 11.1 Å². The molecule has 3 saturated carbocycles. The van der Waals surface area contributed by atoms with Crippen LogP contribution in [0.25, 0.3) is 0 Å². The number of rotatable bonds is 0. The smallest absolute Gasteiger partial charge is 0.0699 e. The number of fused-ring (bicyclic) bond motifs is 1. The molecule has 56 valence electrons. The van der Waals surface area contributed by atoms with E-state index in [1.165, 1.54) is 6.42 Å². The number of hydrogen-bond donors (Lipinski definition) is 2. The van der Waals surface area contributed by atoms with Crippen LogP contribution in [0.5, 0.6) is 0 Å². The van der Waals surface area contributed by atoms with Gasteiger partial charge in [-0.3, -0.25) is 0 Å². The summed E-state index contributed by atoms with van der Waals surface area (Å²) in [6.07, 6.45) is 4.19. The summed E-state index contributed by atoms with van der Waals surface area (Å²) >= 11 is 0. The Balaban J connectivity index is 2.05. The zero-order chi connectivity index (χ0) is 6.98. The zero-order valence-corrected chi connectivity index (χ0v) is 6.01. The highest BCUT2D eigenvalue weighted by Crippen LogP contribution is 2.66. The Morgan fingerprint density at radius 2 is 2.10 bits per heavy atom. The van der Waals surface area contributed by atoms with Crippen LogP contribution in [0.1, 0.15) is 25.7 Å². The highest BCUT2D eigenvalue weighted by atomic mass is 16.3. The summed E-state index contributed by atoms with van der Waals surface area (Å²) in [6.45, 7) is 0. The van der Waals surface area contributed by atoms with Crippen molar-refractivity contribution in [3.63, 3.8) is 0 Å². The molecule has 0 aliphatic heterocycles. The van der Waals surface area contributed by atoms with Gasteiger partial charge in [0.2, 0.25) is 0 Å². The fourth-order valence-corrected chi connectivity index (χ4v) is 3.60. The van der Waals surface area contributed by atoms with E-state index >= 15 is 0 Å². The molecule has 4 atom stereocenters. The van der Waals surface area contributed by atoms with Crippen LogP contribution < -0.4 is 5.73 Å². The van der Waals surface area contributed by atoms with E-state index < -0.39 is 0 Å². The number of nitrogens with two attached hydrogens (primary N) is 1. The van der Waals surface area contributed by atoms with Gasteiger partial charge in [0.1, 0.15) is 0 Å². The van der Waals surface area contributed by atoms with Crippen molar-refractivity contribution in [2.24, 2.45) is 17.6 Å². The maximum Gasteiger partial charge on any atom is 0.0699 e. The quantitative estimate of drug-likeness (QED) is 0.505. The minimum absolute atomic E-state index is 0.0440. The van der Waals surface area contributed by atoms with Crippen molar-refractivity contribution in [3.8, 4) is 0 Å². The van der Waals surface area contributed by atoms with E-state index in [1.54, 1.807) is 0 Å². The minimum atomic E-state index is -0.308. The van der Waals surface area contributed by atoms with Crippen LogP contribution in [0.2, 0.25) is 0 Å². The Kier molecular flexibility index (Phi) is 0.647. The summed E-state index contributed by atoms with van der Waals surface area (Å²) in [5.41, 5.74) is 5.78. The van der Waals surface area contributed by atoms with Crippen LogP contribution >= 0.6 is 0 Å². The van der Waals surface area contributed by atoms with Crippen molar-refractivity contribution in [1.82, 2.24) is 0 Å². The van der Waals surface area contributed by atoms with E-state index in [2.05, 4.69) is 0 Å². The molecule has 2 bridgehead atoms. The molecule has 10 heavy (non-hydrogen) atoms. The fourth-order valence-electron chi connectivity index (χ4n) is 3.60. The van der Waals surface area contributed by atoms with E-state index in [4.69, 9.17) is 5.73 Å². The summed E-state index contributed by atoms with van der Waals surface area (Å²) in [4.78, 5) is 0. The lowest BCUT2D eigenvalue weighted by Gasteiger charge is -2.51. The van der Waals surface area contributed by atoms with Crippen molar-refractivity contribution >= 4 is 0 Å². The van der Waals surface area contributed by atoms with Gasteiger partial charge in [-0.25, -0.2) is 0 Å². The predicted molar refractivity (Wildman–Crippen MR) is 37.3 cm³/mol. The van der Waals surface area contributed by atoms with Crippen molar-refractivity contribution in [2.45, 2.75) is 36.8 Å². The molecule has 3 rings (SSSR count). The fraction of sp³-hybridized carbons (Fsp3) is 1.00. The molecule has 4 unspecified atom stereocenters. The van der Waals surface area contributed by atoms with Crippen LogP contribution in [-0.4, -0.2) is 16.2 Å². The summed E-state index contributed by atoms with van der Waals surface area (Å²) in [6, 6.07) is 0. The predicted octanol–water partition coefficient (Wildman–Crippen LogP) is 0.249. The molecule has 0 heterocycles. The monoisotopic (exact) mass is 139 g/mol. The molecule has 2 heteroatoms. The third-order valence-electron chi connectivity index (χ3n) is 3.83. The molecule has 0 spiro atoms. The molecule has 2 nitrogen and oxygen atoms in total. The Morgan fingerprint density at radius 3 is 2.40 bits per heavy atom. The molecule has 0 aromatic rings. The van der Waals surface area contributed by atoms with Gasteiger partial charge in [0.05, 0.1) is 5.60 Å². The number of hydrogen-bond acceptors (Lipinski definition) is 2. The van der Waals surface area contributed by atoms with Crippen molar-refractivity contribution < 1.29 is 5.11 Å². The molecule has 3 aliphatic rings. The molecule has 3 fully saturated rings. The van der Waals surface area contributed by atoms with Gasteiger partial charge in [0.15, 0.2) is 0 Å². The van der Waals surface area contributed by atoms with Crippen LogP contribution in [-0.2, 0) is 0 Å². The second kappa shape index (κ2) is 1.16. The maximum atomic E-state index is 9.84. The first-order valence-corrected chi connectivity index (χ1v) is 4.13. The van der Waals surface area contributed by atoms with E-state index in [0.29, 0.717) is 5.92 Å². The largest absolute Gasteiger partial charge is 0.390 e. The maximum absolute atomic E-state index is 9.84. The van der Waals surface area contributed by atoms with Gasteiger partial charge < -0.3 is 10.8 Å². The Hall–Kier alpha value is -0.0800. The van der Waals surface area contributed by atoms with E-state index in [1.807, 2.05) is 0 Å². The van der Waals surface area contributed by atoms with Gasteiger partial charge in [-0.15, -0.1) is 0 Å². The van der Waals surface area contributed by atoms with Gasteiger partial charge in [-0.2, -0.15) is 0 Å². The van der Waals surface area contributed by atoms with Crippen LogP contribution in [0.15, 0.2) is 0 Å². The first-order valence-electron chi connectivity index (χ1n) is 4.13. The standard InChI is InChI=1S/C8H13NO/c9-7-1-5-2-8(10,4-7)6(5)3-7/h5-6,10H,1-4,9H2. The van der Waals surface area contributed by atoms with Gasteiger partial charge in [0, 0.05) is 5.54 Å². The van der Waals surface area contributed by atoms with Gasteiger partial charge in [-0.1, -0.05) is 0 Å². The molecule has 0 amide bonds. The Labute approximate surface area is 60.4 Å². The topological polar surface area (TPSA) is 46.2 Å². The second-order valence-corrected chi connectivity index (χ2v) is 4.62. The van der Waals surface area contributed by atoms with E-state index in [0.717, 1.165) is 25.2 Å². The van der Waals surface area contributed by atoms with Crippen molar-refractivity contribution in [2.75, 3.05) is 0 Å². The first kappa shape index (κ1) is 5.56. The van der Waals surface area contributed by atoms with Crippen LogP contribution in [0, 0.1) is 11.8 Å². The summed E-state index contributed by atoms with van der Waals surface area (Å²) in [5.74, 6) is 1.36. The summed E-state index contributed by atoms with van der Waals surface area (Å²) in [5, 5.41) is 9.84. The van der Waals surface area contributed by atoms with Gasteiger partial charge in [-0.05, 0) is 37.5 Å².